The lowest BCUT2D eigenvalue weighted by Gasteiger charge is -2.13. The van der Waals surface area contributed by atoms with Crippen molar-refractivity contribution in [3.63, 3.8) is 0 Å². The molecule has 0 aliphatic rings. The van der Waals surface area contributed by atoms with Crippen LogP contribution in [0.1, 0.15) is 17.2 Å². The predicted octanol–water partition coefficient (Wildman–Crippen LogP) is 3.84. The van der Waals surface area contributed by atoms with Crippen LogP contribution in [0.5, 0.6) is 5.75 Å². The van der Waals surface area contributed by atoms with Crippen molar-refractivity contribution in [2.75, 3.05) is 7.11 Å². The van der Waals surface area contributed by atoms with Gasteiger partial charge in [0.05, 0.1) is 7.11 Å². The number of nitrogens with two attached hydrogens (primary N) is 1. The number of benzene rings is 2. The fraction of sp³-hybridized carbons (Fsp3) is 0.200. The van der Waals surface area contributed by atoms with E-state index in [-0.39, 0.29) is 11.9 Å². The Morgan fingerprint density at radius 2 is 1.89 bits per heavy atom. The van der Waals surface area contributed by atoms with Gasteiger partial charge in [0, 0.05) is 10.5 Å². The molecule has 0 bridgehead atoms. The molecule has 19 heavy (non-hydrogen) atoms. The van der Waals surface area contributed by atoms with Crippen molar-refractivity contribution >= 4 is 15.9 Å². The van der Waals surface area contributed by atoms with Gasteiger partial charge in [0.1, 0.15) is 11.6 Å². The topological polar surface area (TPSA) is 35.2 Å². The van der Waals surface area contributed by atoms with Gasteiger partial charge in [-0.3, -0.25) is 0 Å². The van der Waals surface area contributed by atoms with Gasteiger partial charge in [0.25, 0.3) is 0 Å². The van der Waals surface area contributed by atoms with E-state index in [1.165, 1.54) is 6.07 Å². The van der Waals surface area contributed by atoms with Crippen molar-refractivity contribution < 1.29 is 9.13 Å². The molecule has 0 spiro atoms. The first-order valence-electron chi connectivity index (χ1n) is 5.93. The first-order valence-corrected chi connectivity index (χ1v) is 6.73. The highest BCUT2D eigenvalue weighted by Gasteiger charge is 2.10. The summed E-state index contributed by atoms with van der Waals surface area (Å²) in [7, 11) is 1.62. The first-order chi connectivity index (χ1) is 9.10. The van der Waals surface area contributed by atoms with Gasteiger partial charge in [-0.25, -0.2) is 4.39 Å². The molecule has 2 nitrogen and oxygen atoms in total. The SMILES string of the molecule is COc1ccc(C(N)Cc2ccc(Br)cc2F)cc1. The third kappa shape index (κ3) is 3.55. The molecule has 100 valence electrons. The second-order valence-electron chi connectivity index (χ2n) is 4.32. The van der Waals surface area contributed by atoms with E-state index in [4.69, 9.17) is 10.5 Å². The van der Waals surface area contributed by atoms with E-state index in [0.717, 1.165) is 15.8 Å². The van der Waals surface area contributed by atoms with Crippen LogP contribution in [0.2, 0.25) is 0 Å². The molecule has 1 atom stereocenters. The Hall–Kier alpha value is -1.39. The molecular formula is C15H15BrFNO. The Morgan fingerprint density at radius 3 is 2.47 bits per heavy atom. The molecule has 0 radical (unpaired) electrons. The van der Waals surface area contributed by atoms with Crippen LogP contribution in [0.25, 0.3) is 0 Å². The van der Waals surface area contributed by atoms with E-state index in [1.54, 1.807) is 13.2 Å². The fourth-order valence-electron chi connectivity index (χ4n) is 1.89. The highest BCUT2D eigenvalue weighted by Crippen LogP contribution is 2.22. The van der Waals surface area contributed by atoms with Crippen LogP contribution in [-0.4, -0.2) is 7.11 Å². The van der Waals surface area contributed by atoms with Crippen LogP contribution in [-0.2, 0) is 6.42 Å². The molecule has 0 amide bonds. The standard InChI is InChI=1S/C15H15BrFNO/c1-19-13-6-3-10(4-7-13)15(18)8-11-2-5-12(16)9-14(11)17/h2-7,9,15H,8,18H2,1H3. The van der Waals surface area contributed by atoms with Gasteiger partial charge in [-0.15, -0.1) is 0 Å². The van der Waals surface area contributed by atoms with E-state index in [2.05, 4.69) is 15.9 Å². The molecule has 0 saturated carbocycles. The average molecular weight is 324 g/mol. The van der Waals surface area contributed by atoms with Gasteiger partial charge in [-0.1, -0.05) is 34.1 Å². The van der Waals surface area contributed by atoms with Gasteiger partial charge in [0.15, 0.2) is 0 Å². The molecule has 0 heterocycles. The Kier molecular flexibility index (Phi) is 4.56. The normalized spacial score (nSPS) is 12.2. The van der Waals surface area contributed by atoms with E-state index in [0.29, 0.717) is 12.0 Å². The lowest BCUT2D eigenvalue weighted by Crippen LogP contribution is -2.14. The Bertz CT molecular complexity index is 557. The Labute approximate surface area is 120 Å². The molecule has 1 unspecified atom stereocenters. The van der Waals surface area contributed by atoms with Gasteiger partial charge in [-0.2, -0.15) is 0 Å². The number of halogens is 2. The maximum absolute atomic E-state index is 13.7. The fourth-order valence-corrected chi connectivity index (χ4v) is 2.23. The van der Waals surface area contributed by atoms with Crippen LogP contribution in [0, 0.1) is 5.82 Å². The van der Waals surface area contributed by atoms with Crippen LogP contribution in [0.3, 0.4) is 0 Å². The molecule has 2 rings (SSSR count). The summed E-state index contributed by atoms with van der Waals surface area (Å²) in [5.41, 5.74) is 7.68. The maximum atomic E-state index is 13.7. The molecule has 2 aromatic rings. The summed E-state index contributed by atoms with van der Waals surface area (Å²) in [5.74, 6) is 0.545. The Balaban J connectivity index is 2.13. The molecule has 2 N–H and O–H groups in total. The van der Waals surface area contributed by atoms with Crippen LogP contribution >= 0.6 is 15.9 Å². The predicted molar refractivity (Wildman–Crippen MR) is 77.7 cm³/mol. The molecule has 4 heteroatoms. The lowest BCUT2D eigenvalue weighted by molar-refractivity contribution is 0.414. The monoisotopic (exact) mass is 323 g/mol. The van der Waals surface area contributed by atoms with Crippen LogP contribution < -0.4 is 10.5 Å². The quantitative estimate of drug-likeness (QED) is 0.927. The van der Waals surface area contributed by atoms with Crippen molar-refractivity contribution in [1.82, 2.24) is 0 Å². The lowest BCUT2D eigenvalue weighted by atomic mass is 9.99. The minimum Gasteiger partial charge on any atom is -0.497 e. The van der Waals surface area contributed by atoms with Gasteiger partial charge < -0.3 is 10.5 Å². The third-order valence-corrected chi connectivity index (χ3v) is 3.49. The molecule has 2 aromatic carbocycles. The number of methoxy groups -OCH3 is 1. The van der Waals surface area contributed by atoms with Crippen molar-refractivity contribution in [2.45, 2.75) is 12.5 Å². The number of ether oxygens (including phenoxy) is 1. The summed E-state index contributed by atoms with van der Waals surface area (Å²) < 4.78 is 19.6. The highest BCUT2D eigenvalue weighted by atomic mass is 79.9. The van der Waals surface area contributed by atoms with Crippen molar-refractivity contribution in [2.24, 2.45) is 5.73 Å². The zero-order valence-electron chi connectivity index (χ0n) is 10.6. The zero-order chi connectivity index (χ0) is 13.8. The van der Waals surface area contributed by atoms with Crippen molar-refractivity contribution in [3.05, 3.63) is 63.9 Å². The number of rotatable bonds is 4. The summed E-state index contributed by atoms with van der Waals surface area (Å²) in [5, 5.41) is 0. The molecular weight excluding hydrogens is 309 g/mol. The first kappa shape index (κ1) is 14.0. The smallest absolute Gasteiger partial charge is 0.127 e. The van der Waals surface area contributed by atoms with E-state index >= 15 is 0 Å². The number of hydrogen-bond donors (Lipinski definition) is 1. The summed E-state index contributed by atoms with van der Waals surface area (Å²) in [6.07, 6.45) is 0.464. The van der Waals surface area contributed by atoms with Crippen molar-refractivity contribution in [3.8, 4) is 5.75 Å². The van der Waals surface area contributed by atoms with E-state index in [9.17, 15) is 4.39 Å². The summed E-state index contributed by atoms with van der Waals surface area (Å²) >= 11 is 3.24. The zero-order valence-corrected chi connectivity index (χ0v) is 12.2. The maximum Gasteiger partial charge on any atom is 0.127 e. The average Bonchev–Trinajstić information content (AvgIpc) is 2.42. The number of hydrogen-bond acceptors (Lipinski definition) is 2. The van der Waals surface area contributed by atoms with Crippen LogP contribution in [0.15, 0.2) is 46.9 Å². The van der Waals surface area contributed by atoms with E-state index in [1.807, 2.05) is 30.3 Å². The second kappa shape index (κ2) is 6.17. The van der Waals surface area contributed by atoms with Crippen molar-refractivity contribution in [1.29, 1.82) is 0 Å². The summed E-state index contributed by atoms with van der Waals surface area (Å²) in [6, 6.07) is 12.3. The Morgan fingerprint density at radius 1 is 1.21 bits per heavy atom. The van der Waals surface area contributed by atoms with Gasteiger partial charge in [0.2, 0.25) is 0 Å². The van der Waals surface area contributed by atoms with Crippen LogP contribution in [0.4, 0.5) is 4.39 Å². The largest absolute Gasteiger partial charge is 0.497 e. The van der Waals surface area contributed by atoms with E-state index < -0.39 is 0 Å². The minimum absolute atomic E-state index is 0.235. The summed E-state index contributed by atoms with van der Waals surface area (Å²) in [6.45, 7) is 0. The second-order valence-corrected chi connectivity index (χ2v) is 5.24. The van der Waals surface area contributed by atoms with Gasteiger partial charge in [-0.05, 0) is 41.8 Å². The minimum atomic E-state index is -0.238. The molecule has 0 saturated heterocycles. The molecule has 0 aromatic heterocycles. The molecule has 0 fully saturated rings. The highest BCUT2D eigenvalue weighted by molar-refractivity contribution is 9.10. The summed E-state index contributed by atoms with van der Waals surface area (Å²) in [4.78, 5) is 0. The third-order valence-electron chi connectivity index (χ3n) is 3.00. The molecule has 0 aliphatic heterocycles. The van der Waals surface area contributed by atoms with Gasteiger partial charge >= 0.3 is 0 Å². The molecule has 0 aliphatic carbocycles.